The lowest BCUT2D eigenvalue weighted by Gasteiger charge is -1.99. The van der Waals surface area contributed by atoms with Crippen LogP contribution >= 0.6 is 11.6 Å². The minimum Gasteiger partial charge on any atom is -0.461 e. The molecule has 0 aliphatic rings. The predicted molar refractivity (Wildman–Crippen MR) is 70.2 cm³/mol. The van der Waals surface area contributed by atoms with Crippen LogP contribution in [0.2, 0.25) is 5.02 Å². The Morgan fingerprint density at radius 2 is 2.11 bits per heavy atom. The molecule has 0 bridgehead atoms. The fourth-order valence-electron chi connectivity index (χ4n) is 1.68. The number of halogens is 1. The number of hydrogen-bond donors (Lipinski definition) is 0. The summed E-state index contributed by atoms with van der Waals surface area (Å²) >= 11 is 5.74. The van der Waals surface area contributed by atoms with Gasteiger partial charge in [0, 0.05) is 11.6 Å². The van der Waals surface area contributed by atoms with Gasteiger partial charge in [-0.1, -0.05) is 11.6 Å². The van der Waals surface area contributed by atoms with E-state index in [1.807, 2.05) is 0 Å². The number of nitro benzene ring substituents is 1. The van der Waals surface area contributed by atoms with Crippen LogP contribution in [0.15, 0.2) is 34.7 Å². The molecular formula is C13H10ClNO4. The fraction of sp³-hybridized carbons (Fsp3) is 0.154. The Hall–Kier alpha value is -2.14. The summed E-state index contributed by atoms with van der Waals surface area (Å²) < 4.78 is 5.47. The molecule has 6 heteroatoms. The molecule has 0 saturated carbocycles. The van der Waals surface area contributed by atoms with Gasteiger partial charge in [0.25, 0.3) is 5.69 Å². The molecule has 0 spiro atoms. The molecule has 2 rings (SSSR count). The fourth-order valence-corrected chi connectivity index (χ4v) is 1.87. The first-order chi connectivity index (χ1) is 8.97. The quantitative estimate of drug-likeness (QED) is 0.632. The molecule has 0 aliphatic heterocycles. The maximum Gasteiger partial charge on any atom is 0.288 e. The summed E-state index contributed by atoms with van der Waals surface area (Å²) in [4.78, 5) is 21.2. The number of Topliss-reactive ketones (excluding diaryl/α,β-unsaturated/α-hetero) is 1. The summed E-state index contributed by atoms with van der Waals surface area (Å²) in [5.74, 6) is 0.985. The Kier molecular flexibility index (Phi) is 3.66. The van der Waals surface area contributed by atoms with E-state index in [2.05, 4.69) is 0 Å². The SMILES string of the molecule is CC(=O)Cc1ccc(-c2ccc(Cl)c([N+](=O)[O-])c2)o1. The van der Waals surface area contributed by atoms with Crippen molar-refractivity contribution in [2.45, 2.75) is 13.3 Å². The normalized spacial score (nSPS) is 10.4. The lowest BCUT2D eigenvalue weighted by Crippen LogP contribution is -1.93. The van der Waals surface area contributed by atoms with Crippen LogP contribution in [0.25, 0.3) is 11.3 Å². The van der Waals surface area contributed by atoms with Crippen LogP contribution in [0.1, 0.15) is 12.7 Å². The molecule has 0 atom stereocenters. The topological polar surface area (TPSA) is 73.3 Å². The summed E-state index contributed by atoms with van der Waals surface area (Å²) in [6.45, 7) is 1.47. The number of benzene rings is 1. The lowest BCUT2D eigenvalue weighted by atomic mass is 10.1. The molecule has 0 unspecified atom stereocenters. The zero-order valence-corrected chi connectivity index (χ0v) is 10.8. The molecule has 1 heterocycles. The molecule has 0 aliphatic carbocycles. The largest absolute Gasteiger partial charge is 0.461 e. The molecule has 0 amide bonds. The average Bonchev–Trinajstić information content (AvgIpc) is 2.76. The number of furan rings is 1. The van der Waals surface area contributed by atoms with Gasteiger partial charge in [-0.15, -0.1) is 0 Å². The van der Waals surface area contributed by atoms with Crippen LogP contribution in [0, 0.1) is 10.1 Å². The van der Waals surface area contributed by atoms with Gasteiger partial charge in [-0.2, -0.15) is 0 Å². The number of rotatable bonds is 4. The van der Waals surface area contributed by atoms with Gasteiger partial charge in [-0.25, -0.2) is 0 Å². The maximum atomic E-state index is 11.0. The number of nitrogens with zero attached hydrogens (tertiary/aromatic N) is 1. The second kappa shape index (κ2) is 5.24. The van der Waals surface area contributed by atoms with Crippen molar-refractivity contribution in [2.24, 2.45) is 0 Å². The molecule has 98 valence electrons. The number of ketones is 1. The Morgan fingerprint density at radius 1 is 1.37 bits per heavy atom. The maximum absolute atomic E-state index is 11.0. The molecule has 1 aromatic heterocycles. The van der Waals surface area contributed by atoms with Crippen molar-refractivity contribution in [1.29, 1.82) is 0 Å². The summed E-state index contributed by atoms with van der Waals surface area (Å²) in [6.07, 6.45) is 0.204. The molecule has 5 nitrogen and oxygen atoms in total. The minimum absolute atomic E-state index is 0.0111. The highest BCUT2D eigenvalue weighted by Crippen LogP contribution is 2.31. The van der Waals surface area contributed by atoms with E-state index in [-0.39, 0.29) is 22.9 Å². The van der Waals surface area contributed by atoms with Crippen molar-refractivity contribution in [3.8, 4) is 11.3 Å². The minimum atomic E-state index is -0.550. The highest BCUT2D eigenvalue weighted by molar-refractivity contribution is 6.32. The summed E-state index contributed by atoms with van der Waals surface area (Å²) in [5.41, 5.74) is 0.370. The van der Waals surface area contributed by atoms with Gasteiger partial charge in [0.15, 0.2) is 0 Å². The van der Waals surface area contributed by atoms with E-state index in [0.29, 0.717) is 17.1 Å². The molecular weight excluding hydrogens is 270 g/mol. The van der Waals surface area contributed by atoms with E-state index in [9.17, 15) is 14.9 Å². The number of hydrogen-bond acceptors (Lipinski definition) is 4. The third kappa shape index (κ3) is 3.00. The van der Waals surface area contributed by atoms with Crippen LogP contribution < -0.4 is 0 Å². The van der Waals surface area contributed by atoms with Crippen LogP contribution in [-0.2, 0) is 11.2 Å². The van der Waals surface area contributed by atoms with E-state index >= 15 is 0 Å². The molecule has 19 heavy (non-hydrogen) atoms. The standard InChI is InChI=1S/C13H10ClNO4/c1-8(16)6-10-3-5-13(19-10)9-2-4-11(14)12(7-9)15(17)18/h2-5,7H,6H2,1H3. The van der Waals surface area contributed by atoms with Gasteiger partial charge in [0.1, 0.15) is 22.3 Å². The van der Waals surface area contributed by atoms with E-state index in [4.69, 9.17) is 16.0 Å². The summed E-state index contributed by atoms with van der Waals surface area (Å²) in [7, 11) is 0. The number of nitro groups is 1. The van der Waals surface area contributed by atoms with Crippen LogP contribution in [0.4, 0.5) is 5.69 Å². The third-order valence-corrected chi connectivity index (χ3v) is 2.83. The molecule has 0 radical (unpaired) electrons. The van der Waals surface area contributed by atoms with Crippen molar-refractivity contribution in [3.63, 3.8) is 0 Å². The van der Waals surface area contributed by atoms with Crippen molar-refractivity contribution in [2.75, 3.05) is 0 Å². The van der Waals surface area contributed by atoms with Gasteiger partial charge in [-0.05, 0) is 31.2 Å². The van der Waals surface area contributed by atoms with E-state index in [0.717, 1.165) is 0 Å². The third-order valence-electron chi connectivity index (χ3n) is 2.51. The Balaban J connectivity index is 2.36. The zero-order chi connectivity index (χ0) is 14.0. The van der Waals surface area contributed by atoms with Crippen molar-refractivity contribution in [3.05, 3.63) is 51.2 Å². The van der Waals surface area contributed by atoms with Gasteiger partial charge in [0.2, 0.25) is 0 Å². The second-order valence-electron chi connectivity index (χ2n) is 4.07. The molecule has 0 N–H and O–H groups in total. The highest BCUT2D eigenvalue weighted by atomic mass is 35.5. The molecule has 1 aromatic carbocycles. The van der Waals surface area contributed by atoms with Crippen molar-refractivity contribution >= 4 is 23.1 Å². The monoisotopic (exact) mass is 279 g/mol. The number of carbonyl (C=O) groups excluding carboxylic acids is 1. The van der Waals surface area contributed by atoms with Gasteiger partial charge in [0.05, 0.1) is 11.3 Å². The van der Waals surface area contributed by atoms with Gasteiger partial charge < -0.3 is 4.42 Å². The van der Waals surface area contributed by atoms with E-state index in [1.54, 1.807) is 18.2 Å². The first-order valence-corrected chi connectivity index (χ1v) is 5.87. The smallest absolute Gasteiger partial charge is 0.288 e. The summed E-state index contributed by atoms with van der Waals surface area (Å²) in [6, 6.07) is 7.77. The number of carbonyl (C=O) groups is 1. The Morgan fingerprint density at radius 3 is 2.74 bits per heavy atom. The molecule has 0 fully saturated rings. The molecule has 2 aromatic rings. The Labute approximate surface area is 113 Å². The second-order valence-corrected chi connectivity index (χ2v) is 4.48. The average molecular weight is 280 g/mol. The van der Waals surface area contributed by atoms with E-state index < -0.39 is 4.92 Å². The van der Waals surface area contributed by atoms with Crippen molar-refractivity contribution < 1.29 is 14.1 Å². The Bertz CT molecular complexity index is 648. The summed E-state index contributed by atoms with van der Waals surface area (Å²) in [5, 5.41) is 10.9. The zero-order valence-electron chi connectivity index (χ0n) is 10.1. The van der Waals surface area contributed by atoms with Crippen LogP contribution in [0.5, 0.6) is 0 Å². The first kappa shape index (κ1) is 13.3. The van der Waals surface area contributed by atoms with Crippen LogP contribution in [0.3, 0.4) is 0 Å². The van der Waals surface area contributed by atoms with Crippen LogP contribution in [-0.4, -0.2) is 10.7 Å². The molecule has 0 saturated heterocycles. The predicted octanol–water partition coefficient (Wildman–Crippen LogP) is 3.64. The first-order valence-electron chi connectivity index (χ1n) is 5.50. The van der Waals surface area contributed by atoms with E-state index in [1.165, 1.54) is 19.1 Å². The van der Waals surface area contributed by atoms with Gasteiger partial charge >= 0.3 is 0 Å². The lowest BCUT2D eigenvalue weighted by molar-refractivity contribution is -0.384. The van der Waals surface area contributed by atoms with Crippen molar-refractivity contribution in [1.82, 2.24) is 0 Å². The highest BCUT2D eigenvalue weighted by Gasteiger charge is 2.15. The van der Waals surface area contributed by atoms with Gasteiger partial charge in [-0.3, -0.25) is 14.9 Å².